The molecule has 0 saturated carbocycles. The standard InChI is InChI=1S/C35H68O4/c1-3-5-7-9-11-12-13-14-15-16-17-18-19-20-22-28-32-35(38)39-33(29-25-21-10-8-6-4-2)30-26-23-24-27-31-34(36)37/h33H,3-32H2,1-2H3,(H,36,37). The van der Waals surface area contributed by atoms with Crippen LogP contribution in [-0.4, -0.2) is 23.1 Å². The number of hydrogen-bond donors (Lipinski definition) is 1. The van der Waals surface area contributed by atoms with Crippen LogP contribution in [0.4, 0.5) is 0 Å². The summed E-state index contributed by atoms with van der Waals surface area (Å²) in [7, 11) is 0. The van der Waals surface area contributed by atoms with Gasteiger partial charge in [-0.05, 0) is 38.5 Å². The van der Waals surface area contributed by atoms with Crippen molar-refractivity contribution in [3.05, 3.63) is 0 Å². The zero-order chi connectivity index (χ0) is 28.7. The van der Waals surface area contributed by atoms with Crippen molar-refractivity contribution in [3.8, 4) is 0 Å². The van der Waals surface area contributed by atoms with E-state index in [4.69, 9.17) is 9.84 Å². The van der Waals surface area contributed by atoms with Crippen LogP contribution < -0.4 is 0 Å². The van der Waals surface area contributed by atoms with Crippen LogP contribution in [-0.2, 0) is 14.3 Å². The zero-order valence-electron chi connectivity index (χ0n) is 26.5. The third-order valence-electron chi connectivity index (χ3n) is 8.08. The maximum Gasteiger partial charge on any atom is 0.306 e. The van der Waals surface area contributed by atoms with Crippen LogP contribution in [0, 0.1) is 0 Å². The Kier molecular flexibility index (Phi) is 30.6. The van der Waals surface area contributed by atoms with Crippen LogP contribution in [0.1, 0.15) is 206 Å². The average molecular weight is 553 g/mol. The molecule has 0 spiro atoms. The Balaban J connectivity index is 3.80. The number of carboxylic acid groups (broad SMARTS) is 1. The lowest BCUT2D eigenvalue weighted by Gasteiger charge is -2.18. The van der Waals surface area contributed by atoms with Gasteiger partial charge in [-0.2, -0.15) is 0 Å². The molecule has 1 unspecified atom stereocenters. The number of carboxylic acids is 1. The second-order valence-electron chi connectivity index (χ2n) is 12.1. The van der Waals surface area contributed by atoms with Gasteiger partial charge in [0, 0.05) is 12.8 Å². The number of hydrogen-bond acceptors (Lipinski definition) is 3. The molecule has 0 aromatic rings. The van der Waals surface area contributed by atoms with Crippen molar-refractivity contribution in [1.82, 2.24) is 0 Å². The summed E-state index contributed by atoms with van der Waals surface area (Å²) in [6, 6.07) is 0. The molecule has 1 N–H and O–H groups in total. The molecule has 39 heavy (non-hydrogen) atoms. The van der Waals surface area contributed by atoms with Crippen LogP contribution in [0.15, 0.2) is 0 Å². The van der Waals surface area contributed by atoms with E-state index in [-0.39, 0.29) is 18.5 Å². The third-order valence-corrected chi connectivity index (χ3v) is 8.08. The smallest absolute Gasteiger partial charge is 0.306 e. The molecular weight excluding hydrogens is 484 g/mol. The van der Waals surface area contributed by atoms with E-state index in [1.807, 2.05) is 0 Å². The van der Waals surface area contributed by atoms with Crippen LogP contribution >= 0.6 is 0 Å². The van der Waals surface area contributed by atoms with Gasteiger partial charge >= 0.3 is 11.9 Å². The second kappa shape index (κ2) is 31.5. The van der Waals surface area contributed by atoms with Gasteiger partial charge in [0.05, 0.1) is 0 Å². The highest BCUT2D eigenvalue weighted by molar-refractivity contribution is 5.69. The Morgan fingerprint density at radius 1 is 0.462 bits per heavy atom. The Morgan fingerprint density at radius 3 is 1.13 bits per heavy atom. The molecule has 0 aliphatic carbocycles. The number of esters is 1. The van der Waals surface area contributed by atoms with Gasteiger partial charge in [0.1, 0.15) is 6.10 Å². The van der Waals surface area contributed by atoms with Gasteiger partial charge < -0.3 is 9.84 Å². The molecule has 1 atom stereocenters. The Morgan fingerprint density at radius 2 is 0.769 bits per heavy atom. The highest BCUT2D eigenvalue weighted by atomic mass is 16.5. The van der Waals surface area contributed by atoms with Crippen LogP contribution in [0.2, 0.25) is 0 Å². The molecule has 0 bridgehead atoms. The van der Waals surface area contributed by atoms with Crippen molar-refractivity contribution < 1.29 is 19.4 Å². The maximum absolute atomic E-state index is 12.5. The summed E-state index contributed by atoms with van der Waals surface area (Å²) in [5, 5.41) is 8.78. The van der Waals surface area contributed by atoms with E-state index in [1.54, 1.807) is 0 Å². The number of ether oxygens (including phenoxy) is 1. The van der Waals surface area contributed by atoms with Gasteiger partial charge in [-0.3, -0.25) is 9.59 Å². The minimum Gasteiger partial charge on any atom is -0.481 e. The van der Waals surface area contributed by atoms with E-state index in [2.05, 4.69) is 13.8 Å². The van der Waals surface area contributed by atoms with Gasteiger partial charge in [-0.15, -0.1) is 0 Å². The summed E-state index contributed by atoms with van der Waals surface area (Å²) in [5.41, 5.74) is 0. The van der Waals surface area contributed by atoms with Crippen molar-refractivity contribution in [2.45, 2.75) is 213 Å². The highest BCUT2D eigenvalue weighted by Gasteiger charge is 2.14. The van der Waals surface area contributed by atoms with E-state index in [0.717, 1.165) is 57.8 Å². The number of aliphatic carboxylic acids is 1. The van der Waals surface area contributed by atoms with Crippen molar-refractivity contribution in [2.75, 3.05) is 0 Å². The molecule has 0 aliphatic rings. The van der Waals surface area contributed by atoms with Gasteiger partial charge in [0.2, 0.25) is 0 Å². The average Bonchev–Trinajstić information content (AvgIpc) is 2.91. The Bertz CT molecular complexity index is 519. The minimum absolute atomic E-state index is 0.0118. The molecule has 0 amide bonds. The van der Waals surface area contributed by atoms with Crippen LogP contribution in [0.3, 0.4) is 0 Å². The van der Waals surface area contributed by atoms with Crippen molar-refractivity contribution in [1.29, 1.82) is 0 Å². The summed E-state index contributed by atoms with van der Waals surface area (Å²) in [6.07, 6.45) is 35.5. The van der Waals surface area contributed by atoms with Gasteiger partial charge in [0.25, 0.3) is 0 Å². The fourth-order valence-corrected chi connectivity index (χ4v) is 5.48. The molecule has 4 nitrogen and oxygen atoms in total. The zero-order valence-corrected chi connectivity index (χ0v) is 26.5. The predicted octanol–water partition coefficient (Wildman–Crippen LogP) is 11.7. The number of rotatable bonds is 32. The molecule has 0 aromatic heterocycles. The molecule has 0 aliphatic heterocycles. The first kappa shape index (κ1) is 37.9. The summed E-state index contributed by atoms with van der Waals surface area (Å²) in [6.45, 7) is 4.52. The summed E-state index contributed by atoms with van der Waals surface area (Å²) in [5.74, 6) is -0.721. The number of carbonyl (C=O) groups excluding carboxylic acids is 1. The minimum atomic E-state index is -0.709. The molecule has 0 fully saturated rings. The Hall–Kier alpha value is -1.06. The summed E-state index contributed by atoms with van der Waals surface area (Å²) < 4.78 is 5.91. The Labute approximate surface area is 243 Å². The molecule has 0 radical (unpaired) electrons. The molecule has 0 saturated heterocycles. The molecule has 232 valence electrons. The fourth-order valence-electron chi connectivity index (χ4n) is 5.48. The van der Waals surface area contributed by atoms with E-state index >= 15 is 0 Å². The maximum atomic E-state index is 12.5. The topological polar surface area (TPSA) is 63.6 Å². The van der Waals surface area contributed by atoms with E-state index in [1.165, 1.54) is 122 Å². The molecule has 0 heterocycles. The van der Waals surface area contributed by atoms with Gasteiger partial charge in [-0.1, -0.05) is 155 Å². The van der Waals surface area contributed by atoms with E-state index in [9.17, 15) is 9.59 Å². The van der Waals surface area contributed by atoms with Crippen LogP contribution in [0.5, 0.6) is 0 Å². The van der Waals surface area contributed by atoms with Crippen molar-refractivity contribution in [2.24, 2.45) is 0 Å². The lowest BCUT2D eigenvalue weighted by Crippen LogP contribution is -2.18. The van der Waals surface area contributed by atoms with Gasteiger partial charge in [0.15, 0.2) is 0 Å². The molecule has 0 aromatic carbocycles. The predicted molar refractivity (Wildman–Crippen MR) is 167 cm³/mol. The first-order chi connectivity index (χ1) is 19.1. The second-order valence-corrected chi connectivity index (χ2v) is 12.1. The monoisotopic (exact) mass is 553 g/mol. The lowest BCUT2D eigenvalue weighted by atomic mass is 10.0. The van der Waals surface area contributed by atoms with Crippen LogP contribution in [0.25, 0.3) is 0 Å². The van der Waals surface area contributed by atoms with Gasteiger partial charge in [-0.25, -0.2) is 0 Å². The summed E-state index contributed by atoms with van der Waals surface area (Å²) in [4.78, 5) is 23.2. The number of unbranched alkanes of at least 4 members (excludes halogenated alkanes) is 23. The lowest BCUT2D eigenvalue weighted by molar-refractivity contribution is -0.150. The molecule has 0 rings (SSSR count). The normalized spacial score (nSPS) is 12.1. The van der Waals surface area contributed by atoms with E-state index < -0.39 is 5.97 Å². The third kappa shape index (κ3) is 31.3. The fraction of sp³-hybridized carbons (Fsp3) is 0.943. The molecule has 4 heteroatoms. The van der Waals surface area contributed by atoms with Crippen molar-refractivity contribution >= 4 is 11.9 Å². The van der Waals surface area contributed by atoms with Crippen molar-refractivity contribution in [3.63, 3.8) is 0 Å². The molecular formula is C35H68O4. The largest absolute Gasteiger partial charge is 0.481 e. The first-order valence-corrected chi connectivity index (χ1v) is 17.5. The summed E-state index contributed by atoms with van der Waals surface area (Å²) >= 11 is 0. The first-order valence-electron chi connectivity index (χ1n) is 17.5. The number of carbonyl (C=O) groups is 2. The highest BCUT2D eigenvalue weighted by Crippen LogP contribution is 2.18. The quantitative estimate of drug-likeness (QED) is 0.0665. The SMILES string of the molecule is CCCCCCCCCCCCCCCCCCC(=O)OC(CCCCCCCC)CCCCCCC(=O)O. The van der Waals surface area contributed by atoms with E-state index in [0.29, 0.717) is 6.42 Å².